The maximum absolute atomic E-state index is 12.2. The highest BCUT2D eigenvalue weighted by Crippen LogP contribution is 2.22. The van der Waals surface area contributed by atoms with Crippen LogP contribution in [0.4, 0.5) is 5.69 Å². The number of para-hydroxylation sites is 1. The number of nitriles is 1. The van der Waals surface area contributed by atoms with E-state index in [-0.39, 0.29) is 5.57 Å². The largest absolute Gasteiger partial charge is 0.320 e. The second-order valence-electron chi connectivity index (χ2n) is 4.81. The second kappa shape index (κ2) is 6.46. The lowest BCUT2D eigenvalue weighted by molar-refractivity contribution is -0.112. The van der Waals surface area contributed by atoms with E-state index in [2.05, 4.69) is 10.4 Å². The molecule has 0 atom stereocenters. The van der Waals surface area contributed by atoms with E-state index in [1.165, 1.54) is 0 Å². The van der Waals surface area contributed by atoms with Crippen LogP contribution in [0, 0.1) is 25.2 Å². The minimum Gasteiger partial charge on any atom is -0.320 e. The zero-order valence-corrected chi connectivity index (χ0v) is 13.3. The molecule has 0 fully saturated rings. The van der Waals surface area contributed by atoms with Crippen molar-refractivity contribution < 1.29 is 4.79 Å². The minimum absolute atomic E-state index is 0.000815. The number of hydrogen-bond donors (Lipinski definition) is 1. The lowest BCUT2D eigenvalue weighted by Crippen LogP contribution is -2.13. The summed E-state index contributed by atoms with van der Waals surface area (Å²) in [6.07, 6.45) is 1.55. The number of rotatable bonds is 3. The highest BCUT2D eigenvalue weighted by atomic mass is 35.5. The number of nitrogens with zero attached hydrogens (tertiary/aromatic N) is 3. The first kappa shape index (κ1) is 15.8. The molecule has 0 unspecified atom stereocenters. The Morgan fingerprint density at radius 1 is 1.41 bits per heavy atom. The lowest BCUT2D eigenvalue weighted by Gasteiger charge is -2.06. The molecule has 0 saturated heterocycles. The van der Waals surface area contributed by atoms with E-state index in [1.54, 1.807) is 35.0 Å². The molecule has 1 aromatic heterocycles. The molecule has 1 aromatic carbocycles. The molecule has 2 aromatic rings. The van der Waals surface area contributed by atoms with E-state index in [4.69, 9.17) is 11.6 Å². The Kier molecular flexibility index (Phi) is 4.64. The van der Waals surface area contributed by atoms with E-state index in [0.717, 1.165) is 17.0 Å². The average Bonchev–Trinajstić information content (AvgIpc) is 2.72. The van der Waals surface area contributed by atoms with E-state index >= 15 is 0 Å². The number of anilines is 1. The molecule has 0 radical (unpaired) electrons. The zero-order valence-electron chi connectivity index (χ0n) is 12.5. The third-order valence-corrected chi connectivity index (χ3v) is 3.67. The van der Waals surface area contributed by atoms with Gasteiger partial charge < -0.3 is 5.32 Å². The van der Waals surface area contributed by atoms with Gasteiger partial charge in [0.15, 0.2) is 0 Å². The minimum atomic E-state index is -0.502. The fourth-order valence-corrected chi connectivity index (χ4v) is 2.23. The van der Waals surface area contributed by atoms with Gasteiger partial charge in [0.1, 0.15) is 11.6 Å². The monoisotopic (exact) mass is 314 g/mol. The summed E-state index contributed by atoms with van der Waals surface area (Å²) in [5.74, 6) is -0.502. The quantitative estimate of drug-likeness (QED) is 0.698. The van der Waals surface area contributed by atoms with Gasteiger partial charge >= 0.3 is 0 Å². The van der Waals surface area contributed by atoms with Gasteiger partial charge in [-0.1, -0.05) is 23.7 Å². The molecular weight excluding hydrogens is 300 g/mol. The molecule has 2 rings (SSSR count). The van der Waals surface area contributed by atoms with Crippen LogP contribution in [0.3, 0.4) is 0 Å². The molecule has 0 aliphatic heterocycles. The SMILES string of the molecule is Cc1nn(C)c(C)c1C=C(C#N)C(=O)Nc1ccccc1Cl. The predicted molar refractivity (Wildman–Crippen MR) is 86.4 cm³/mol. The first-order valence-electron chi connectivity index (χ1n) is 6.62. The van der Waals surface area contributed by atoms with Crippen LogP contribution in [0.2, 0.25) is 5.02 Å². The summed E-state index contributed by atoms with van der Waals surface area (Å²) in [4.78, 5) is 12.2. The van der Waals surface area contributed by atoms with Crippen molar-refractivity contribution in [3.8, 4) is 6.07 Å². The van der Waals surface area contributed by atoms with Crippen molar-refractivity contribution in [2.75, 3.05) is 5.32 Å². The van der Waals surface area contributed by atoms with Crippen molar-refractivity contribution in [1.82, 2.24) is 9.78 Å². The van der Waals surface area contributed by atoms with Gasteiger partial charge in [-0.25, -0.2) is 0 Å². The maximum atomic E-state index is 12.2. The molecular formula is C16H15ClN4O. The fourth-order valence-electron chi connectivity index (χ4n) is 2.04. The highest BCUT2D eigenvalue weighted by molar-refractivity contribution is 6.34. The number of hydrogen-bond acceptors (Lipinski definition) is 3. The number of amides is 1. The highest BCUT2D eigenvalue weighted by Gasteiger charge is 2.14. The second-order valence-corrected chi connectivity index (χ2v) is 5.22. The first-order chi connectivity index (χ1) is 10.4. The van der Waals surface area contributed by atoms with Gasteiger partial charge in [-0.3, -0.25) is 9.48 Å². The van der Waals surface area contributed by atoms with Crippen LogP contribution in [-0.2, 0) is 11.8 Å². The molecule has 1 heterocycles. The van der Waals surface area contributed by atoms with Crippen LogP contribution in [0.5, 0.6) is 0 Å². The number of halogens is 1. The number of aromatic nitrogens is 2. The van der Waals surface area contributed by atoms with Crippen LogP contribution >= 0.6 is 11.6 Å². The van der Waals surface area contributed by atoms with Crippen LogP contribution < -0.4 is 5.32 Å². The summed E-state index contributed by atoms with van der Waals surface area (Å²) in [7, 11) is 1.82. The van der Waals surface area contributed by atoms with Crippen LogP contribution in [0.1, 0.15) is 17.0 Å². The molecule has 0 aliphatic rings. The molecule has 0 aliphatic carbocycles. The number of aryl methyl sites for hydroxylation is 2. The molecule has 0 spiro atoms. The van der Waals surface area contributed by atoms with Gasteiger partial charge in [0.05, 0.1) is 16.4 Å². The third kappa shape index (κ3) is 3.18. The number of carbonyl (C=O) groups excluding carboxylic acids is 1. The third-order valence-electron chi connectivity index (χ3n) is 3.34. The molecule has 112 valence electrons. The van der Waals surface area contributed by atoms with Gasteiger partial charge in [-0.15, -0.1) is 0 Å². The number of carbonyl (C=O) groups is 1. The van der Waals surface area contributed by atoms with E-state index in [0.29, 0.717) is 10.7 Å². The normalized spacial score (nSPS) is 11.1. The Morgan fingerprint density at radius 3 is 2.64 bits per heavy atom. The van der Waals surface area contributed by atoms with Crippen LogP contribution in [0.25, 0.3) is 6.08 Å². The van der Waals surface area contributed by atoms with Gasteiger partial charge in [-0.2, -0.15) is 10.4 Å². The zero-order chi connectivity index (χ0) is 16.3. The molecule has 6 heteroatoms. The van der Waals surface area contributed by atoms with Crippen LogP contribution in [0.15, 0.2) is 29.8 Å². The van der Waals surface area contributed by atoms with Gasteiger partial charge in [0.2, 0.25) is 0 Å². The van der Waals surface area contributed by atoms with Gasteiger partial charge in [-0.05, 0) is 32.1 Å². The summed E-state index contributed by atoms with van der Waals surface area (Å²) >= 11 is 6.00. The smallest absolute Gasteiger partial charge is 0.266 e. The average molecular weight is 315 g/mol. The van der Waals surface area contributed by atoms with Crippen molar-refractivity contribution in [2.24, 2.45) is 7.05 Å². The summed E-state index contributed by atoms with van der Waals surface area (Å²) in [6, 6.07) is 8.79. The van der Waals surface area contributed by atoms with Gasteiger partial charge in [0, 0.05) is 18.3 Å². The van der Waals surface area contributed by atoms with E-state index in [9.17, 15) is 10.1 Å². The Hall–Kier alpha value is -2.58. The molecule has 1 amide bonds. The van der Waals surface area contributed by atoms with Gasteiger partial charge in [0.25, 0.3) is 5.91 Å². The topological polar surface area (TPSA) is 70.7 Å². The summed E-state index contributed by atoms with van der Waals surface area (Å²) in [5.41, 5.74) is 2.89. The fraction of sp³-hybridized carbons (Fsp3) is 0.188. The molecule has 1 N–H and O–H groups in total. The Bertz CT molecular complexity index is 799. The number of nitrogens with one attached hydrogen (secondary N) is 1. The Balaban J connectivity index is 2.32. The molecule has 0 saturated carbocycles. The molecule has 22 heavy (non-hydrogen) atoms. The lowest BCUT2D eigenvalue weighted by atomic mass is 10.1. The van der Waals surface area contributed by atoms with Crippen molar-refractivity contribution in [3.05, 3.63) is 51.8 Å². The van der Waals surface area contributed by atoms with Crippen molar-refractivity contribution in [2.45, 2.75) is 13.8 Å². The van der Waals surface area contributed by atoms with E-state index in [1.807, 2.05) is 27.0 Å². The number of benzene rings is 1. The summed E-state index contributed by atoms with van der Waals surface area (Å²) in [5, 5.41) is 16.6. The van der Waals surface area contributed by atoms with Crippen molar-refractivity contribution in [3.63, 3.8) is 0 Å². The summed E-state index contributed by atoms with van der Waals surface area (Å²) < 4.78 is 1.71. The van der Waals surface area contributed by atoms with Crippen LogP contribution in [-0.4, -0.2) is 15.7 Å². The Labute approximate surface area is 133 Å². The van der Waals surface area contributed by atoms with E-state index < -0.39 is 5.91 Å². The maximum Gasteiger partial charge on any atom is 0.266 e. The Morgan fingerprint density at radius 2 is 2.09 bits per heavy atom. The standard InChI is InChI=1S/C16H15ClN4O/c1-10-13(11(2)21(3)20-10)8-12(9-18)16(22)19-15-7-5-4-6-14(15)17/h4-8H,1-3H3,(H,19,22). The van der Waals surface area contributed by atoms with Crippen molar-refractivity contribution >= 4 is 29.3 Å². The predicted octanol–water partition coefficient (Wildman–Crippen LogP) is 3.24. The first-order valence-corrected chi connectivity index (χ1v) is 6.99. The molecule has 0 bridgehead atoms. The van der Waals surface area contributed by atoms with Crippen molar-refractivity contribution in [1.29, 1.82) is 5.26 Å². The molecule has 5 nitrogen and oxygen atoms in total. The summed E-state index contributed by atoms with van der Waals surface area (Å²) in [6.45, 7) is 3.71.